The highest BCUT2D eigenvalue weighted by atomic mass is 16.5. The minimum atomic E-state index is 0.168. The van der Waals surface area contributed by atoms with Crippen molar-refractivity contribution in [2.45, 2.75) is 32.9 Å². The van der Waals surface area contributed by atoms with Gasteiger partial charge in [-0.2, -0.15) is 0 Å². The normalized spacial score (nSPS) is 21.3. The van der Waals surface area contributed by atoms with Gasteiger partial charge in [0.2, 0.25) is 0 Å². The van der Waals surface area contributed by atoms with Gasteiger partial charge in [-0.3, -0.25) is 14.6 Å². The summed E-state index contributed by atoms with van der Waals surface area (Å²) in [5.74, 6) is 0.168. The summed E-state index contributed by atoms with van der Waals surface area (Å²) < 4.78 is 5.39. The molecule has 1 aromatic rings. The van der Waals surface area contributed by atoms with Gasteiger partial charge in [0.1, 0.15) is 0 Å². The first-order chi connectivity index (χ1) is 12.2. The Labute approximate surface area is 151 Å². The number of piperazine rings is 1. The van der Waals surface area contributed by atoms with Gasteiger partial charge in [0.15, 0.2) is 0 Å². The Kier molecular flexibility index (Phi) is 6.45. The Morgan fingerprint density at radius 3 is 2.28 bits per heavy atom. The molecule has 25 heavy (non-hydrogen) atoms. The summed E-state index contributed by atoms with van der Waals surface area (Å²) in [6, 6.07) is 8.77. The SMILES string of the molecule is CCC(C)N1CCN(C(=O)c2ccc(CN3CCOCC3)cc2)CC1. The van der Waals surface area contributed by atoms with Crippen LogP contribution in [0.3, 0.4) is 0 Å². The first kappa shape index (κ1) is 18.4. The van der Waals surface area contributed by atoms with Gasteiger partial charge in [0.25, 0.3) is 5.91 Å². The monoisotopic (exact) mass is 345 g/mol. The average Bonchev–Trinajstić information content (AvgIpc) is 2.68. The van der Waals surface area contributed by atoms with Crippen molar-refractivity contribution in [1.29, 1.82) is 0 Å². The summed E-state index contributed by atoms with van der Waals surface area (Å²) in [6.07, 6.45) is 1.17. The Morgan fingerprint density at radius 1 is 1.04 bits per heavy atom. The minimum absolute atomic E-state index is 0.168. The lowest BCUT2D eigenvalue weighted by molar-refractivity contribution is 0.0342. The Hall–Kier alpha value is -1.43. The molecule has 0 bridgehead atoms. The van der Waals surface area contributed by atoms with Gasteiger partial charge in [-0.05, 0) is 31.0 Å². The zero-order chi connectivity index (χ0) is 17.6. The van der Waals surface area contributed by atoms with Crippen LogP contribution < -0.4 is 0 Å². The molecule has 0 aromatic heterocycles. The fraction of sp³-hybridized carbons (Fsp3) is 0.650. The number of benzene rings is 1. The van der Waals surface area contributed by atoms with Crippen molar-refractivity contribution in [2.75, 3.05) is 52.5 Å². The van der Waals surface area contributed by atoms with Gasteiger partial charge in [-0.15, -0.1) is 0 Å². The molecule has 1 unspecified atom stereocenters. The second-order valence-corrected chi connectivity index (χ2v) is 7.17. The number of hydrogen-bond donors (Lipinski definition) is 0. The molecule has 1 atom stereocenters. The van der Waals surface area contributed by atoms with Crippen LogP contribution in [0.25, 0.3) is 0 Å². The standard InChI is InChI=1S/C20H31N3O2/c1-3-17(2)22-8-10-23(11-9-22)20(24)19-6-4-18(5-7-19)16-21-12-14-25-15-13-21/h4-7,17H,3,8-16H2,1-2H3. The molecule has 5 heteroatoms. The molecule has 2 heterocycles. The molecule has 2 aliphatic heterocycles. The molecule has 2 saturated heterocycles. The van der Waals surface area contributed by atoms with Crippen LogP contribution in [0.4, 0.5) is 0 Å². The van der Waals surface area contributed by atoms with Crippen LogP contribution in [0.1, 0.15) is 36.2 Å². The summed E-state index contributed by atoms with van der Waals surface area (Å²) >= 11 is 0. The van der Waals surface area contributed by atoms with Crippen LogP contribution in [0.5, 0.6) is 0 Å². The van der Waals surface area contributed by atoms with Gasteiger partial charge < -0.3 is 9.64 Å². The number of carbonyl (C=O) groups is 1. The molecule has 138 valence electrons. The maximum atomic E-state index is 12.7. The molecule has 1 aromatic carbocycles. The number of carbonyl (C=O) groups excluding carboxylic acids is 1. The number of hydrogen-bond acceptors (Lipinski definition) is 4. The van der Waals surface area contributed by atoms with Gasteiger partial charge in [0, 0.05) is 57.4 Å². The summed E-state index contributed by atoms with van der Waals surface area (Å²) in [4.78, 5) is 19.6. The first-order valence-corrected chi connectivity index (χ1v) is 9.59. The van der Waals surface area contributed by atoms with E-state index in [4.69, 9.17) is 4.74 Å². The van der Waals surface area contributed by atoms with E-state index in [1.807, 2.05) is 17.0 Å². The molecular formula is C20H31N3O2. The van der Waals surface area contributed by atoms with Gasteiger partial charge >= 0.3 is 0 Å². The maximum absolute atomic E-state index is 12.7. The zero-order valence-corrected chi connectivity index (χ0v) is 15.6. The maximum Gasteiger partial charge on any atom is 0.253 e. The summed E-state index contributed by atoms with van der Waals surface area (Å²) in [7, 11) is 0. The van der Waals surface area contributed by atoms with Crippen molar-refractivity contribution in [3.8, 4) is 0 Å². The van der Waals surface area contributed by atoms with E-state index in [0.717, 1.165) is 64.6 Å². The third-order valence-electron chi connectivity index (χ3n) is 5.53. The quantitative estimate of drug-likeness (QED) is 0.819. The van der Waals surface area contributed by atoms with Crippen molar-refractivity contribution in [3.63, 3.8) is 0 Å². The van der Waals surface area contributed by atoms with Crippen molar-refractivity contribution >= 4 is 5.91 Å². The molecular weight excluding hydrogens is 314 g/mol. The summed E-state index contributed by atoms with van der Waals surface area (Å²) in [5, 5.41) is 0. The Bertz CT molecular complexity index is 547. The van der Waals surface area contributed by atoms with Crippen molar-refractivity contribution < 1.29 is 9.53 Å². The number of ether oxygens (including phenoxy) is 1. The minimum Gasteiger partial charge on any atom is -0.379 e. The highest BCUT2D eigenvalue weighted by Gasteiger charge is 2.24. The van der Waals surface area contributed by atoms with Gasteiger partial charge in [-0.25, -0.2) is 0 Å². The molecule has 0 aliphatic carbocycles. The first-order valence-electron chi connectivity index (χ1n) is 9.59. The largest absolute Gasteiger partial charge is 0.379 e. The van der Waals surface area contributed by atoms with Crippen LogP contribution in [0.15, 0.2) is 24.3 Å². The fourth-order valence-electron chi connectivity index (χ4n) is 3.58. The van der Waals surface area contributed by atoms with Crippen LogP contribution in [-0.4, -0.2) is 79.1 Å². The number of morpholine rings is 1. The number of rotatable bonds is 5. The topological polar surface area (TPSA) is 36.0 Å². The second kappa shape index (κ2) is 8.79. The predicted molar refractivity (Wildman–Crippen MR) is 99.8 cm³/mol. The van der Waals surface area contributed by atoms with E-state index < -0.39 is 0 Å². The summed E-state index contributed by atoms with van der Waals surface area (Å²) in [6.45, 7) is 12.7. The van der Waals surface area contributed by atoms with Crippen molar-refractivity contribution in [1.82, 2.24) is 14.7 Å². The van der Waals surface area contributed by atoms with E-state index in [2.05, 4.69) is 35.8 Å². The van der Waals surface area contributed by atoms with Gasteiger partial charge in [-0.1, -0.05) is 19.1 Å². The second-order valence-electron chi connectivity index (χ2n) is 7.17. The molecule has 1 amide bonds. The highest BCUT2D eigenvalue weighted by Crippen LogP contribution is 2.14. The van der Waals surface area contributed by atoms with Crippen LogP contribution in [0, 0.1) is 0 Å². The van der Waals surface area contributed by atoms with Crippen molar-refractivity contribution in [2.24, 2.45) is 0 Å². The third kappa shape index (κ3) is 4.81. The van der Waals surface area contributed by atoms with Crippen LogP contribution in [0.2, 0.25) is 0 Å². The molecule has 0 radical (unpaired) electrons. The lowest BCUT2D eigenvalue weighted by atomic mass is 10.1. The molecule has 3 rings (SSSR count). The van der Waals surface area contributed by atoms with E-state index in [9.17, 15) is 4.79 Å². The van der Waals surface area contributed by atoms with E-state index in [1.165, 1.54) is 12.0 Å². The van der Waals surface area contributed by atoms with Gasteiger partial charge in [0.05, 0.1) is 13.2 Å². The number of amides is 1. The Morgan fingerprint density at radius 2 is 1.68 bits per heavy atom. The summed E-state index contributed by atoms with van der Waals surface area (Å²) in [5.41, 5.74) is 2.07. The van der Waals surface area contributed by atoms with E-state index in [1.54, 1.807) is 0 Å². The smallest absolute Gasteiger partial charge is 0.253 e. The highest BCUT2D eigenvalue weighted by molar-refractivity contribution is 5.94. The molecule has 0 spiro atoms. The molecule has 5 nitrogen and oxygen atoms in total. The van der Waals surface area contributed by atoms with Crippen LogP contribution >= 0.6 is 0 Å². The van der Waals surface area contributed by atoms with E-state index >= 15 is 0 Å². The van der Waals surface area contributed by atoms with E-state index in [0.29, 0.717) is 6.04 Å². The molecule has 2 aliphatic rings. The van der Waals surface area contributed by atoms with Crippen LogP contribution in [-0.2, 0) is 11.3 Å². The third-order valence-corrected chi connectivity index (χ3v) is 5.53. The van der Waals surface area contributed by atoms with Crippen molar-refractivity contribution in [3.05, 3.63) is 35.4 Å². The lowest BCUT2D eigenvalue weighted by Gasteiger charge is -2.37. The zero-order valence-electron chi connectivity index (χ0n) is 15.6. The number of nitrogens with zero attached hydrogens (tertiary/aromatic N) is 3. The average molecular weight is 345 g/mol. The lowest BCUT2D eigenvalue weighted by Crippen LogP contribution is -2.51. The predicted octanol–water partition coefficient (Wildman–Crippen LogP) is 2.08. The molecule has 0 saturated carbocycles. The molecule has 0 N–H and O–H groups in total. The fourth-order valence-corrected chi connectivity index (χ4v) is 3.58. The van der Waals surface area contributed by atoms with E-state index in [-0.39, 0.29) is 5.91 Å². The Balaban J connectivity index is 1.52. The molecule has 2 fully saturated rings.